The minimum Gasteiger partial charge on any atom is -0.478 e. The molecule has 120 valence electrons. The molecule has 2 aromatic rings. The molecule has 0 aliphatic carbocycles. The van der Waals surface area contributed by atoms with E-state index in [1.807, 2.05) is 0 Å². The second kappa shape index (κ2) is 7.45. The number of aliphatic hydroxyl groups excluding tert-OH is 1. The van der Waals surface area contributed by atoms with E-state index in [2.05, 4.69) is 24.6 Å². The number of carboxylic acids is 1. The Morgan fingerprint density at radius 2 is 1.95 bits per heavy atom. The van der Waals surface area contributed by atoms with Gasteiger partial charge >= 0.3 is 5.97 Å². The molecule has 0 radical (unpaired) electrons. The number of rotatable bonds is 8. The van der Waals surface area contributed by atoms with E-state index in [1.165, 1.54) is 5.56 Å². The number of carbonyl (C=O) groups is 1. The van der Waals surface area contributed by atoms with Gasteiger partial charge in [0.2, 0.25) is 0 Å². The first-order chi connectivity index (χ1) is 10.6. The van der Waals surface area contributed by atoms with Crippen molar-refractivity contribution in [3.05, 3.63) is 35.0 Å². The van der Waals surface area contributed by atoms with Crippen LogP contribution in [0.1, 0.15) is 54.6 Å². The zero-order chi connectivity index (χ0) is 16.1. The quantitative estimate of drug-likeness (QED) is 0.783. The maximum absolute atomic E-state index is 11.4. The van der Waals surface area contributed by atoms with E-state index in [0.717, 1.165) is 48.7 Å². The number of fused-ring (bicyclic) bond motifs is 1. The predicted octanol–water partition coefficient (Wildman–Crippen LogP) is 3.63. The molecule has 0 unspecified atom stereocenters. The largest absolute Gasteiger partial charge is 0.478 e. The average molecular weight is 303 g/mol. The molecule has 0 spiro atoms. The highest BCUT2D eigenvalue weighted by Crippen LogP contribution is 2.29. The van der Waals surface area contributed by atoms with Crippen LogP contribution in [0.5, 0.6) is 0 Å². The van der Waals surface area contributed by atoms with E-state index in [9.17, 15) is 9.90 Å². The SMILES string of the molecule is CCCCc1cn(CCCO)c2c(CC)cc(C(=O)O)cc12. The van der Waals surface area contributed by atoms with E-state index in [4.69, 9.17) is 5.11 Å². The van der Waals surface area contributed by atoms with Crippen LogP contribution >= 0.6 is 0 Å². The fourth-order valence-corrected chi connectivity index (χ4v) is 2.98. The van der Waals surface area contributed by atoms with Crippen LogP contribution in [0, 0.1) is 0 Å². The van der Waals surface area contributed by atoms with E-state index in [0.29, 0.717) is 12.0 Å². The Balaban J connectivity index is 2.61. The van der Waals surface area contributed by atoms with Gasteiger partial charge in [0.05, 0.1) is 11.1 Å². The molecule has 0 amide bonds. The normalized spacial score (nSPS) is 11.2. The van der Waals surface area contributed by atoms with Gasteiger partial charge in [-0.3, -0.25) is 0 Å². The van der Waals surface area contributed by atoms with Crippen LogP contribution in [-0.4, -0.2) is 27.4 Å². The van der Waals surface area contributed by atoms with E-state index in [1.54, 1.807) is 12.1 Å². The Morgan fingerprint density at radius 3 is 2.55 bits per heavy atom. The van der Waals surface area contributed by atoms with Gasteiger partial charge in [-0.2, -0.15) is 0 Å². The number of aryl methyl sites for hydroxylation is 3. The van der Waals surface area contributed by atoms with Crippen molar-refractivity contribution in [3.63, 3.8) is 0 Å². The maximum atomic E-state index is 11.4. The van der Waals surface area contributed by atoms with Crippen molar-refractivity contribution in [1.29, 1.82) is 0 Å². The Hall–Kier alpha value is -1.81. The number of nitrogens with zero attached hydrogens (tertiary/aromatic N) is 1. The summed E-state index contributed by atoms with van der Waals surface area (Å²) < 4.78 is 2.18. The number of unbranched alkanes of at least 4 members (excludes halogenated alkanes) is 1. The summed E-state index contributed by atoms with van der Waals surface area (Å²) in [7, 11) is 0. The van der Waals surface area contributed by atoms with Crippen molar-refractivity contribution in [2.24, 2.45) is 0 Å². The fraction of sp³-hybridized carbons (Fsp3) is 0.500. The summed E-state index contributed by atoms with van der Waals surface area (Å²) >= 11 is 0. The molecule has 1 heterocycles. The number of hydrogen-bond donors (Lipinski definition) is 2. The highest BCUT2D eigenvalue weighted by molar-refractivity contribution is 5.96. The Bertz CT molecular complexity index is 658. The van der Waals surface area contributed by atoms with Gasteiger partial charge in [-0.1, -0.05) is 20.3 Å². The molecule has 1 aromatic carbocycles. The molecule has 2 N–H and O–H groups in total. The molecule has 0 saturated carbocycles. The van der Waals surface area contributed by atoms with Gasteiger partial charge in [0.1, 0.15) is 0 Å². The summed E-state index contributed by atoms with van der Waals surface area (Å²) in [4.78, 5) is 11.4. The van der Waals surface area contributed by atoms with Crippen LogP contribution in [0.2, 0.25) is 0 Å². The number of hydrogen-bond acceptors (Lipinski definition) is 2. The van der Waals surface area contributed by atoms with Gasteiger partial charge in [0.15, 0.2) is 0 Å². The molecule has 0 aliphatic heterocycles. The minimum absolute atomic E-state index is 0.165. The van der Waals surface area contributed by atoms with Gasteiger partial charge in [-0.25, -0.2) is 4.79 Å². The van der Waals surface area contributed by atoms with Gasteiger partial charge in [0.25, 0.3) is 0 Å². The Labute approximate surface area is 131 Å². The molecule has 0 atom stereocenters. The van der Waals surface area contributed by atoms with Crippen LogP contribution in [0.3, 0.4) is 0 Å². The minimum atomic E-state index is -0.874. The molecule has 0 aliphatic rings. The first kappa shape index (κ1) is 16.6. The van der Waals surface area contributed by atoms with Crippen molar-refractivity contribution in [2.75, 3.05) is 6.61 Å². The van der Waals surface area contributed by atoms with Gasteiger partial charge < -0.3 is 14.8 Å². The fourth-order valence-electron chi connectivity index (χ4n) is 2.98. The molecule has 2 rings (SSSR count). The van der Waals surface area contributed by atoms with E-state index in [-0.39, 0.29) is 6.61 Å². The molecule has 0 fully saturated rings. The van der Waals surface area contributed by atoms with Crippen molar-refractivity contribution in [2.45, 2.75) is 52.5 Å². The highest BCUT2D eigenvalue weighted by atomic mass is 16.4. The smallest absolute Gasteiger partial charge is 0.335 e. The monoisotopic (exact) mass is 303 g/mol. The molecular formula is C18H25NO3. The van der Waals surface area contributed by atoms with E-state index < -0.39 is 5.97 Å². The zero-order valence-electron chi connectivity index (χ0n) is 13.4. The standard InChI is InChI=1S/C18H25NO3/c1-3-5-7-14-12-19(8-6-9-20)17-13(4-2)10-15(18(21)22)11-16(14)17/h10-12,20H,3-9H2,1-2H3,(H,21,22). The lowest BCUT2D eigenvalue weighted by Crippen LogP contribution is -2.02. The number of benzene rings is 1. The zero-order valence-corrected chi connectivity index (χ0v) is 13.4. The third kappa shape index (κ3) is 3.33. The third-order valence-corrected chi connectivity index (χ3v) is 4.12. The molecule has 0 saturated heterocycles. The van der Waals surface area contributed by atoms with Crippen molar-refractivity contribution in [1.82, 2.24) is 4.57 Å². The lowest BCUT2D eigenvalue weighted by molar-refractivity contribution is 0.0697. The average Bonchev–Trinajstić information content (AvgIpc) is 2.87. The predicted molar refractivity (Wildman–Crippen MR) is 88.6 cm³/mol. The topological polar surface area (TPSA) is 62.5 Å². The Kier molecular flexibility index (Phi) is 5.61. The van der Waals surface area contributed by atoms with Crippen LogP contribution in [0.15, 0.2) is 18.3 Å². The van der Waals surface area contributed by atoms with Gasteiger partial charge in [-0.05, 0) is 48.9 Å². The third-order valence-electron chi connectivity index (χ3n) is 4.12. The van der Waals surface area contributed by atoms with Crippen molar-refractivity contribution in [3.8, 4) is 0 Å². The molecule has 22 heavy (non-hydrogen) atoms. The number of carboxylic acid groups (broad SMARTS) is 1. The summed E-state index contributed by atoms with van der Waals surface area (Å²) in [5, 5.41) is 19.5. The maximum Gasteiger partial charge on any atom is 0.335 e. The number of aliphatic hydroxyl groups is 1. The second-order valence-electron chi connectivity index (χ2n) is 5.72. The van der Waals surface area contributed by atoms with Gasteiger partial charge in [-0.15, -0.1) is 0 Å². The van der Waals surface area contributed by atoms with Crippen LogP contribution in [0.25, 0.3) is 10.9 Å². The van der Waals surface area contributed by atoms with Gasteiger partial charge in [0, 0.05) is 24.7 Å². The summed E-state index contributed by atoms with van der Waals surface area (Å²) in [5.41, 5.74) is 3.78. The molecular weight excluding hydrogens is 278 g/mol. The van der Waals surface area contributed by atoms with Crippen LogP contribution in [-0.2, 0) is 19.4 Å². The lowest BCUT2D eigenvalue weighted by atomic mass is 10.0. The van der Waals surface area contributed by atoms with Crippen LogP contribution < -0.4 is 0 Å². The van der Waals surface area contributed by atoms with Crippen molar-refractivity contribution >= 4 is 16.9 Å². The second-order valence-corrected chi connectivity index (χ2v) is 5.72. The van der Waals surface area contributed by atoms with Crippen LogP contribution in [0.4, 0.5) is 0 Å². The number of aromatic carboxylic acids is 1. The lowest BCUT2D eigenvalue weighted by Gasteiger charge is -2.09. The van der Waals surface area contributed by atoms with Crippen molar-refractivity contribution < 1.29 is 15.0 Å². The Morgan fingerprint density at radius 1 is 1.18 bits per heavy atom. The molecule has 4 heteroatoms. The summed E-state index contributed by atoms with van der Waals surface area (Å²) in [6, 6.07) is 3.58. The molecule has 1 aromatic heterocycles. The first-order valence-corrected chi connectivity index (χ1v) is 8.11. The first-order valence-electron chi connectivity index (χ1n) is 8.11. The molecule has 4 nitrogen and oxygen atoms in total. The molecule has 0 bridgehead atoms. The van der Waals surface area contributed by atoms with E-state index >= 15 is 0 Å². The highest BCUT2D eigenvalue weighted by Gasteiger charge is 2.15. The summed E-state index contributed by atoms with van der Waals surface area (Å²) in [5.74, 6) is -0.874. The summed E-state index contributed by atoms with van der Waals surface area (Å²) in [6.45, 7) is 5.14. The summed E-state index contributed by atoms with van der Waals surface area (Å²) in [6.07, 6.45) is 6.82. The number of aromatic nitrogens is 1.